The molecule has 2 aliphatic heterocycles. The first-order chi connectivity index (χ1) is 7.43. The highest BCUT2D eigenvalue weighted by molar-refractivity contribution is 5.71. The number of rotatable bonds is 1. The van der Waals surface area contributed by atoms with Crippen LogP contribution < -0.4 is 5.32 Å². The Morgan fingerprint density at radius 3 is 2.56 bits per heavy atom. The van der Waals surface area contributed by atoms with E-state index in [1.807, 2.05) is 4.90 Å². The third-order valence-corrected chi connectivity index (χ3v) is 3.42. The molecule has 1 spiro atoms. The minimum atomic E-state index is -0.128. The highest BCUT2D eigenvalue weighted by Crippen LogP contribution is 2.35. The molecular weight excluding hydrogens is 204 g/mol. The Morgan fingerprint density at radius 1 is 1.38 bits per heavy atom. The Kier molecular flexibility index (Phi) is 2.86. The van der Waals surface area contributed by atoms with Gasteiger partial charge in [0.1, 0.15) is 6.61 Å². The van der Waals surface area contributed by atoms with Gasteiger partial charge in [0.25, 0.3) is 0 Å². The van der Waals surface area contributed by atoms with Crippen LogP contribution in [0.15, 0.2) is 0 Å². The predicted octanol–water partition coefficient (Wildman–Crippen LogP) is 1.61. The van der Waals surface area contributed by atoms with Crippen molar-refractivity contribution < 1.29 is 9.53 Å². The van der Waals surface area contributed by atoms with Gasteiger partial charge in [-0.05, 0) is 31.3 Å². The summed E-state index contributed by atoms with van der Waals surface area (Å²) in [6, 6.07) is 0. The minimum Gasteiger partial charge on any atom is -0.447 e. The predicted molar refractivity (Wildman–Crippen MR) is 62.3 cm³/mol. The van der Waals surface area contributed by atoms with Crippen molar-refractivity contribution in [3.8, 4) is 0 Å². The van der Waals surface area contributed by atoms with Crippen molar-refractivity contribution in [1.82, 2.24) is 10.2 Å². The molecule has 4 heteroatoms. The van der Waals surface area contributed by atoms with Gasteiger partial charge < -0.3 is 10.1 Å². The number of hydrogen-bond donors (Lipinski definition) is 1. The number of cyclic esters (lactones) is 1. The molecule has 0 bridgehead atoms. The van der Waals surface area contributed by atoms with Gasteiger partial charge >= 0.3 is 6.09 Å². The van der Waals surface area contributed by atoms with E-state index in [0.717, 1.165) is 32.5 Å². The largest absolute Gasteiger partial charge is 0.447 e. The van der Waals surface area contributed by atoms with Gasteiger partial charge in [0.2, 0.25) is 0 Å². The van der Waals surface area contributed by atoms with Crippen LogP contribution >= 0.6 is 0 Å². The second-order valence-corrected chi connectivity index (χ2v) is 6.18. The van der Waals surface area contributed by atoms with Crippen LogP contribution in [-0.4, -0.2) is 42.8 Å². The number of nitrogens with zero attached hydrogens (tertiary/aromatic N) is 1. The Hall–Kier alpha value is -0.770. The van der Waals surface area contributed by atoms with Crippen LogP contribution in [0.3, 0.4) is 0 Å². The number of amides is 1. The monoisotopic (exact) mass is 226 g/mol. The van der Waals surface area contributed by atoms with Crippen molar-refractivity contribution in [2.24, 2.45) is 5.41 Å². The summed E-state index contributed by atoms with van der Waals surface area (Å²) in [5.74, 6) is 0. The molecule has 2 fully saturated rings. The molecule has 2 aliphatic rings. The average Bonchev–Trinajstić information content (AvgIpc) is 2.47. The van der Waals surface area contributed by atoms with Gasteiger partial charge in [-0.25, -0.2) is 4.79 Å². The summed E-state index contributed by atoms with van der Waals surface area (Å²) in [6.07, 6.45) is 1.89. The van der Waals surface area contributed by atoms with E-state index in [2.05, 4.69) is 26.1 Å². The van der Waals surface area contributed by atoms with Crippen molar-refractivity contribution in [3.63, 3.8) is 0 Å². The smallest absolute Gasteiger partial charge is 0.410 e. The van der Waals surface area contributed by atoms with Gasteiger partial charge in [-0.15, -0.1) is 0 Å². The molecule has 0 saturated carbocycles. The van der Waals surface area contributed by atoms with Crippen LogP contribution in [-0.2, 0) is 4.74 Å². The lowest BCUT2D eigenvalue weighted by Gasteiger charge is -2.41. The van der Waals surface area contributed by atoms with Crippen LogP contribution in [0.25, 0.3) is 0 Å². The molecule has 1 amide bonds. The average molecular weight is 226 g/mol. The maximum atomic E-state index is 11.8. The SMILES string of the molecule is CC(C)(C)CN1C(=O)OCC12CCNCC2. The number of ether oxygens (including phenoxy) is 1. The molecule has 0 aliphatic carbocycles. The van der Waals surface area contributed by atoms with Crippen molar-refractivity contribution in [2.75, 3.05) is 26.2 Å². The summed E-state index contributed by atoms with van der Waals surface area (Å²) in [5.41, 5.74) is 0.0941. The molecule has 92 valence electrons. The Morgan fingerprint density at radius 2 is 2.00 bits per heavy atom. The molecule has 1 N–H and O–H groups in total. The van der Waals surface area contributed by atoms with Crippen molar-refractivity contribution in [1.29, 1.82) is 0 Å². The summed E-state index contributed by atoms with van der Waals surface area (Å²) >= 11 is 0. The van der Waals surface area contributed by atoms with Gasteiger partial charge in [-0.3, -0.25) is 4.90 Å². The molecule has 0 aromatic heterocycles. The Bertz CT molecular complexity index is 277. The number of nitrogens with one attached hydrogen (secondary N) is 1. The molecule has 0 unspecified atom stereocenters. The zero-order valence-electron chi connectivity index (χ0n) is 10.5. The molecule has 2 heterocycles. The van der Waals surface area contributed by atoms with Crippen LogP contribution in [0, 0.1) is 5.41 Å². The third-order valence-electron chi connectivity index (χ3n) is 3.42. The molecule has 0 aromatic carbocycles. The first-order valence-electron chi connectivity index (χ1n) is 6.08. The summed E-state index contributed by atoms with van der Waals surface area (Å²) < 4.78 is 5.26. The molecule has 16 heavy (non-hydrogen) atoms. The van der Waals surface area contributed by atoms with E-state index in [0.29, 0.717) is 6.61 Å². The van der Waals surface area contributed by atoms with E-state index in [1.165, 1.54) is 0 Å². The quantitative estimate of drug-likeness (QED) is 0.738. The third kappa shape index (κ3) is 2.17. The summed E-state index contributed by atoms with van der Waals surface area (Å²) in [5, 5.41) is 3.34. The van der Waals surface area contributed by atoms with E-state index < -0.39 is 0 Å². The lowest BCUT2D eigenvalue weighted by Crippen LogP contribution is -2.55. The second-order valence-electron chi connectivity index (χ2n) is 6.18. The van der Waals surface area contributed by atoms with Gasteiger partial charge in [-0.2, -0.15) is 0 Å². The molecule has 2 rings (SSSR count). The number of carbonyl (C=O) groups is 1. The lowest BCUT2D eigenvalue weighted by molar-refractivity contribution is 0.0952. The lowest BCUT2D eigenvalue weighted by atomic mass is 9.85. The second kappa shape index (κ2) is 3.91. The van der Waals surface area contributed by atoms with E-state index in [9.17, 15) is 4.79 Å². The first kappa shape index (κ1) is 11.7. The summed E-state index contributed by atoms with van der Waals surface area (Å²) in [6.45, 7) is 9.80. The molecule has 0 atom stereocenters. The van der Waals surface area contributed by atoms with Crippen molar-refractivity contribution in [2.45, 2.75) is 39.2 Å². The maximum absolute atomic E-state index is 11.8. The highest BCUT2D eigenvalue weighted by Gasteiger charge is 2.48. The summed E-state index contributed by atoms with van der Waals surface area (Å²) in [7, 11) is 0. The zero-order valence-corrected chi connectivity index (χ0v) is 10.5. The molecule has 2 saturated heterocycles. The van der Waals surface area contributed by atoms with E-state index in [4.69, 9.17) is 4.74 Å². The van der Waals surface area contributed by atoms with Crippen LogP contribution in [0.1, 0.15) is 33.6 Å². The Labute approximate surface area is 97.3 Å². The molecule has 4 nitrogen and oxygen atoms in total. The van der Waals surface area contributed by atoms with Crippen LogP contribution in [0.4, 0.5) is 4.79 Å². The standard InChI is InChI=1S/C12H22N2O2/c1-11(2,3)8-14-10(15)16-9-12(14)4-6-13-7-5-12/h13H,4-9H2,1-3H3. The number of hydrogen-bond acceptors (Lipinski definition) is 3. The van der Waals surface area contributed by atoms with Gasteiger partial charge in [0.15, 0.2) is 0 Å². The fraction of sp³-hybridized carbons (Fsp3) is 0.917. The number of piperidine rings is 1. The fourth-order valence-corrected chi connectivity index (χ4v) is 2.56. The minimum absolute atomic E-state index is 0.0321. The molecule has 0 aromatic rings. The fourth-order valence-electron chi connectivity index (χ4n) is 2.56. The normalized spacial score (nSPS) is 24.9. The van der Waals surface area contributed by atoms with Gasteiger partial charge in [-0.1, -0.05) is 20.8 Å². The number of carbonyl (C=O) groups excluding carboxylic acids is 1. The zero-order chi connectivity index (χ0) is 11.8. The van der Waals surface area contributed by atoms with E-state index in [-0.39, 0.29) is 17.0 Å². The van der Waals surface area contributed by atoms with E-state index >= 15 is 0 Å². The summed E-state index contributed by atoms with van der Waals surface area (Å²) in [4.78, 5) is 13.8. The maximum Gasteiger partial charge on any atom is 0.410 e. The van der Waals surface area contributed by atoms with Crippen LogP contribution in [0.2, 0.25) is 0 Å². The van der Waals surface area contributed by atoms with Crippen molar-refractivity contribution in [3.05, 3.63) is 0 Å². The Balaban J connectivity index is 2.14. The molecule has 0 radical (unpaired) electrons. The van der Waals surface area contributed by atoms with E-state index in [1.54, 1.807) is 0 Å². The first-order valence-corrected chi connectivity index (χ1v) is 6.08. The van der Waals surface area contributed by atoms with Gasteiger partial charge in [0.05, 0.1) is 5.54 Å². The molecular formula is C12H22N2O2. The highest BCUT2D eigenvalue weighted by atomic mass is 16.6. The van der Waals surface area contributed by atoms with Crippen molar-refractivity contribution >= 4 is 6.09 Å². The van der Waals surface area contributed by atoms with Gasteiger partial charge in [0, 0.05) is 6.54 Å². The topological polar surface area (TPSA) is 41.6 Å². The van der Waals surface area contributed by atoms with Crippen LogP contribution in [0.5, 0.6) is 0 Å².